The highest BCUT2D eigenvalue weighted by molar-refractivity contribution is 6.32. The zero-order valence-electron chi connectivity index (χ0n) is 12.5. The van der Waals surface area contributed by atoms with Gasteiger partial charge in [0.2, 0.25) is 5.91 Å². The van der Waals surface area contributed by atoms with Gasteiger partial charge in [-0.1, -0.05) is 17.7 Å². The van der Waals surface area contributed by atoms with Gasteiger partial charge in [0.25, 0.3) is 0 Å². The smallest absolute Gasteiger partial charge is 0.221 e. The fourth-order valence-electron chi connectivity index (χ4n) is 2.03. The van der Waals surface area contributed by atoms with Crippen molar-refractivity contribution >= 4 is 17.5 Å². The molecule has 2 rings (SSSR count). The highest BCUT2D eigenvalue weighted by Crippen LogP contribution is 2.34. The molecule has 0 unspecified atom stereocenters. The Morgan fingerprint density at radius 2 is 2.23 bits per heavy atom. The number of ether oxygens (including phenoxy) is 2. The van der Waals surface area contributed by atoms with Gasteiger partial charge in [-0.3, -0.25) is 4.79 Å². The van der Waals surface area contributed by atoms with Crippen LogP contribution in [0, 0.1) is 11.3 Å². The van der Waals surface area contributed by atoms with Gasteiger partial charge in [0, 0.05) is 13.5 Å². The number of nitrogens with zero attached hydrogens (tertiary/aromatic N) is 1. The van der Waals surface area contributed by atoms with E-state index in [9.17, 15) is 4.79 Å². The molecule has 1 fully saturated rings. The molecule has 0 bridgehead atoms. The maximum Gasteiger partial charge on any atom is 0.221 e. The summed E-state index contributed by atoms with van der Waals surface area (Å²) in [7, 11) is 1.61. The second-order valence-corrected chi connectivity index (χ2v) is 5.76. The fourth-order valence-corrected chi connectivity index (χ4v) is 2.29. The molecule has 1 aliphatic rings. The van der Waals surface area contributed by atoms with E-state index in [1.165, 1.54) is 0 Å². The first-order chi connectivity index (χ1) is 10.6. The van der Waals surface area contributed by atoms with Crippen LogP contribution in [0.2, 0.25) is 5.02 Å². The molecule has 1 aromatic carbocycles. The van der Waals surface area contributed by atoms with Gasteiger partial charge in [0.05, 0.1) is 17.7 Å². The topological polar surface area (TPSA) is 71.3 Å². The molecular weight excluding hydrogens is 304 g/mol. The molecule has 5 nitrogen and oxygen atoms in total. The number of rotatable bonds is 8. The molecule has 0 heterocycles. The highest BCUT2D eigenvalue weighted by atomic mass is 35.5. The molecule has 1 aliphatic carbocycles. The number of halogens is 1. The molecule has 1 amide bonds. The minimum absolute atomic E-state index is 0.101. The molecule has 1 aromatic rings. The van der Waals surface area contributed by atoms with Crippen LogP contribution in [0.1, 0.15) is 24.8 Å². The van der Waals surface area contributed by atoms with Gasteiger partial charge in [0.15, 0.2) is 0 Å². The predicted octanol–water partition coefficient (Wildman–Crippen LogP) is 2.47. The Kier molecular flexibility index (Phi) is 5.64. The number of amides is 1. The molecule has 22 heavy (non-hydrogen) atoms. The zero-order chi connectivity index (χ0) is 16.0. The average molecular weight is 323 g/mol. The Bertz CT molecular complexity index is 579. The normalized spacial score (nSPS) is 15.0. The lowest BCUT2D eigenvalue weighted by Gasteiger charge is -2.10. The van der Waals surface area contributed by atoms with E-state index in [1.807, 2.05) is 6.07 Å². The molecule has 1 N–H and O–H groups in total. The van der Waals surface area contributed by atoms with Gasteiger partial charge in [-0.05, 0) is 37.0 Å². The minimum atomic E-state index is -0.603. The van der Waals surface area contributed by atoms with E-state index in [4.69, 9.17) is 26.3 Å². The lowest BCUT2D eigenvalue weighted by Crippen LogP contribution is -2.35. The van der Waals surface area contributed by atoms with Crippen molar-refractivity contribution in [2.75, 3.05) is 20.3 Å². The van der Waals surface area contributed by atoms with Gasteiger partial charge >= 0.3 is 0 Å². The summed E-state index contributed by atoms with van der Waals surface area (Å²) >= 11 is 6.15. The number of carbonyl (C=O) groups is 1. The van der Waals surface area contributed by atoms with Crippen LogP contribution >= 0.6 is 11.6 Å². The quantitative estimate of drug-likeness (QED) is 0.746. The number of carbonyl (C=O) groups excluding carboxylic acids is 1. The Morgan fingerprint density at radius 3 is 2.82 bits per heavy atom. The Hall–Kier alpha value is -1.77. The third-order valence-corrected chi connectivity index (χ3v) is 3.82. The number of benzene rings is 1. The van der Waals surface area contributed by atoms with E-state index in [0.717, 1.165) is 18.4 Å². The maximum absolute atomic E-state index is 11.8. The first-order valence-electron chi connectivity index (χ1n) is 7.21. The van der Waals surface area contributed by atoms with Gasteiger partial charge in [0.1, 0.15) is 17.9 Å². The third-order valence-electron chi connectivity index (χ3n) is 3.52. The van der Waals surface area contributed by atoms with Crippen molar-refractivity contribution in [1.82, 2.24) is 5.32 Å². The molecule has 0 aromatic heterocycles. The van der Waals surface area contributed by atoms with Crippen LogP contribution in [-0.4, -0.2) is 31.8 Å². The molecule has 0 saturated heterocycles. The van der Waals surface area contributed by atoms with E-state index in [2.05, 4.69) is 11.4 Å². The Labute approximate surface area is 135 Å². The van der Waals surface area contributed by atoms with Crippen LogP contribution in [0.4, 0.5) is 0 Å². The van der Waals surface area contributed by atoms with Crippen LogP contribution in [0.3, 0.4) is 0 Å². The summed E-state index contributed by atoms with van der Waals surface area (Å²) in [5.74, 6) is 0.504. The standard InChI is InChI=1S/C16H19ClN2O3/c1-21-8-9-22-14-4-2-12(10-13(14)17)3-5-15(20)19-16(11-18)6-7-16/h2,4,10H,3,5-9H2,1H3,(H,19,20). The molecule has 0 aliphatic heterocycles. The second kappa shape index (κ2) is 7.48. The monoisotopic (exact) mass is 322 g/mol. The van der Waals surface area contributed by atoms with Crippen molar-refractivity contribution in [2.24, 2.45) is 0 Å². The van der Waals surface area contributed by atoms with E-state index in [0.29, 0.717) is 36.8 Å². The predicted molar refractivity (Wildman–Crippen MR) is 82.9 cm³/mol. The van der Waals surface area contributed by atoms with E-state index >= 15 is 0 Å². The van der Waals surface area contributed by atoms with Crippen LogP contribution in [0.15, 0.2) is 18.2 Å². The summed E-state index contributed by atoms with van der Waals surface area (Å²) in [5, 5.41) is 12.2. The molecule has 0 atom stereocenters. The van der Waals surface area contributed by atoms with Crippen molar-refractivity contribution in [3.63, 3.8) is 0 Å². The van der Waals surface area contributed by atoms with Crippen LogP contribution in [-0.2, 0) is 16.0 Å². The number of hydrogen-bond donors (Lipinski definition) is 1. The van der Waals surface area contributed by atoms with Crippen molar-refractivity contribution in [1.29, 1.82) is 5.26 Å². The van der Waals surface area contributed by atoms with E-state index < -0.39 is 5.54 Å². The Morgan fingerprint density at radius 1 is 1.45 bits per heavy atom. The van der Waals surface area contributed by atoms with Gasteiger partial charge in [-0.2, -0.15) is 5.26 Å². The summed E-state index contributed by atoms with van der Waals surface area (Å²) in [6.07, 6.45) is 2.40. The van der Waals surface area contributed by atoms with Crippen molar-refractivity contribution in [3.8, 4) is 11.8 Å². The number of nitriles is 1. The fraction of sp³-hybridized carbons (Fsp3) is 0.500. The van der Waals surface area contributed by atoms with Crippen LogP contribution in [0.5, 0.6) is 5.75 Å². The number of nitrogens with one attached hydrogen (secondary N) is 1. The molecule has 118 valence electrons. The van der Waals surface area contributed by atoms with Gasteiger partial charge in [-0.25, -0.2) is 0 Å². The van der Waals surface area contributed by atoms with Gasteiger partial charge < -0.3 is 14.8 Å². The molecule has 0 radical (unpaired) electrons. The summed E-state index contributed by atoms with van der Waals surface area (Å²) in [6, 6.07) is 7.62. The zero-order valence-corrected chi connectivity index (χ0v) is 13.3. The number of aryl methyl sites for hydroxylation is 1. The number of hydrogen-bond acceptors (Lipinski definition) is 4. The van der Waals surface area contributed by atoms with Gasteiger partial charge in [-0.15, -0.1) is 0 Å². The molecule has 6 heteroatoms. The van der Waals surface area contributed by atoms with Crippen molar-refractivity contribution < 1.29 is 14.3 Å². The number of methoxy groups -OCH3 is 1. The third kappa shape index (κ3) is 4.62. The highest BCUT2D eigenvalue weighted by Gasteiger charge is 2.44. The lowest BCUT2D eigenvalue weighted by atomic mass is 10.1. The summed E-state index contributed by atoms with van der Waals surface area (Å²) in [4.78, 5) is 11.8. The molecule has 1 saturated carbocycles. The van der Waals surface area contributed by atoms with Crippen LogP contribution < -0.4 is 10.1 Å². The lowest BCUT2D eigenvalue weighted by molar-refractivity contribution is -0.121. The minimum Gasteiger partial charge on any atom is -0.490 e. The van der Waals surface area contributed by atoms with E-state index in [-0.39, 0.29) is 5.91 Å². The van der Waals surface area contributed by atoms with Crippen molar-refractivity contribution in [2.45, 2.75) is 31.2 Å². The Balaban J connectivity index is 1.82. The molecular formula is C16H19ClN2O3. The maximum atomic E-state index is 11.8. The van der Waals surface area contributed by atoms with Crippen LogP contribution in [0.25, 0.3) is 0 Å². The largest absolute Gasteiger partial charge is 0.490 e. The van der Waals surface area contributed by atoms with E-state index in [1.54, 1.807) is 19.2 Å². The van der Waals surface area contributed by atoms with Crippen molar-refractivity contribution in [3.05, 3.63) is 28.8 Å². The SMILES string of the molecule is COCCOc1ccc(CCC(=O)NC2(C#N)CC2)cc1Cl. The summed E-state index contributed by atoms with van der Waals surface area (Å²) < 4.78 is 10.4. The average Bonchev–Trinajstić information content (AvgIpc) is 3.27. The first kappa shape index (κ1) is 16.6. The molecule has 0 spiro atoms. The first-order valence-corrected chi connectivity index (χ1v) is 7.59. The summed E-state index contributed by atoms with van der Waals surface area (Å²) in [6.45, 7) is 0.938. The second-order valence-electron chi connectivity index (χ2n) is 5.35. The summed E-state index contributed by atoms with van der Waals surface area (Å²) in [5.41, 5.74) is 0.356.